The number of halogens is 1. The average molecular weight is 364 g/mol. The van der Waals surface area contributed by atoms with E-state index in [1.165, 1.54) is 10.4 Å². The summed E-state index contributed by atoms with van der Waals surface area (Å²) in [6, 6.07) is 8.26. The number of aryl methyl sites for hydroxylation is 1. The zero-order valence-corrected chi connectivity index (χ0v) is 14.6. The monoisotopic (exact) mass is 363 g/mol. The number of carbonyl (C=O) groups excluding carboxylic acids is 1. The molecule has 0 aliphatic carbocycles. The largest absolute Gasteiger partial charge is 0.331 e. The maximum atomic E-state index is 12.9. The van der Waals surface area contributed by atoms with E-state index in [0.29, 0.717) is 0 Å². The van der Waals surface area contributed by atoms with Gasteiger partial charge in [0.1, 0.15) is 0 Å². The number of carbonyl (C=O) groups is 1. The van der Waals surface area contributed by atoms with Crippen molar-refractivity contribution in [1.29, 1.82) is 0 Å². The van der Waals surface area contributed by atoms with Gasteiger partial charge in [0.25, 0.3) is 5.91 Å². The molecule has 1 aromatic carbocycles. The van der Waals surface area contributed by atoms with E-state index in [1.807, 2.05) is 41.4 Å². The Kier molecular flexibility index (Phi) is 4.18. The molecule has 0 N–H and O–H groups in total. The maximum Gasteiger partial charge on any atom is 0.254 e. The molecule has 0 fully saturated rings. The molecule has 2 nitrogen and oxygen atoms in total. The van der Waals surface area contributed by atoms with Crippen molar-refractivity contribution in [3.05, 3.63) is 55.7 Å². The van der Waals surface area contributed by atoms with Crippen LogP contribution in [0.1, 0.15) is 45.7 Å². The number of thiophene rings is 1. The molecule has 1 atom stereocenters. The minimum Gasteiger partial charge on any atom is -0.331 e. The fraction of sp³-hybridized carbons (Fsp3) is 0.353. The molecule has 0 bridgehead atoms. The molecule has 1 amide bonds. The van der Waals surface area contributed by atoms with Crippen LogP contribution in [0.2, 0.25) is 0 Å². The van der Waals surface area contributed by atoms with Crippen LogP contribution in [0.5, 0.6) is 0 Å². The van der Waals surface area contributed by atoms with E-state index in [0.717, 1.165) is 35.0 Å². The second kappa shape index (κ2) is 5.93. The number of rotatable bonds is 2. The summed E-state index contributed by atoms with van der Waals surface area (Å²) in [4.78, 5) is 16.3. The molecule has 1 aromatic heterocycles. The molecule has 0 spiro atoms. The number of benzene rings is 1. The molecule has 2 aromatic rings. The van der Waals surface area contributed by atoms with Crippen molar-refractivity contribution >= 4 is 33.2 Å². The van der Waals surface area contributed by atoms with Crippen LogP contribution < -0.4 is 0 Å². The normalized spacial score (nSPS) is 17.7. The van der Waals surface area contributed by atoms with Gasteiger partial charge in [-0.05, 0) is 54.5 Å². The summed E-state index contributed by atoms with van der Waals surface area (Å²) in [6.45, 7) is 5.00. The summed E-state index contributed by atoms with van der Waals surface area (Å²) in [6.07, 6.45) is 1.94. The zero-order valence-electron chi connectivity index (χ0n) is 12.2. The second-order valence-electron chi connectivity index (χ2n) is 5.44. The maximum absolute atomic E-state index is 12.9. The highest BCUT2D eigenvalue weighted by atomic mass is 79.9. The molecular weight excluding hydrogens is 346 g/mol. The molecule has 0 saturated heterocycles. The first-order valence-electron chi connectivity index (χ1n) is 7.25. The van der Waals surface area contributed by atoms with E-state index in [2.05, 4.69) is 34.3 Å². The second-order valence-corrected chi connectivity index (χ2v) is 7.29. The fourth-order valence-electron chi connectivity index (χ4n) is 2.97. The number of hydrogen-bond donors (Lipinski definition) is 0. The Balaban J connectivity index is 1.92. The van der Waals surface area contributed by atoms with Crippen molar-refractivity contribution in [3.8, 4) is 0 Å². The van der Waals surface area contributed by atoms with E-state index >= 15 is 0 Å². The summed E-state index contributed by atoms with van der Waals surface area (Å²) in [5.41, 5.74) is 3.26. The van der Waals surface area contributed by atoms with Crippen LogP contribution in [0.25, 0.3) is 0 Å². The van der Waals surface area contributed by atoms with Crippen LogP contribution in [0.4, 0.5) is 0 Å². The predicted octanol–water partition coefficient (Wildman–Crippen LogP) is 4.97. The highest BCUT2D eigenvalue weighted by Crippen LogP contribution is 2.36. The Bertz CT molecular complexity index is 679. The summed E-state index contributed by atoms with van der Waals surface area (Å²) in [7, 11) is 0. The zero-order chi connectivity index (χ0) is 15.0. The SMILES string of the molecule is CCC1c2ccsc2CCN1C(=O)c1ccc(C)c(Br)c1. The Labute approximate surface area is 137 Å². The third-order valence-corrected chi connectivity index (χ3v) is 6.01. The van der Waals surface area contributed by atoms with Crippen LogP contribution >= 0.6 is 27.3 Å². The van der Waals surface area contributed by atoms with Crippen molar-refractivity contribution in [2.24, 2.45) is 0 Å². The lowest BCUT2D eigenvalue weighted by Gasteiger charge is -2.35. The van der Waals surface area contributed by atoms with Gasteiger partial charge < -0.3 is 4.90 Å². The molecule has 21 heavy (non-hydrogen) atoms. The fourth-order valence-corrected chi connectivity index (χ4v) is 4.28. The van der Waals surface area contributed by atoms with Crippen molar-refractivity contribution in [2.75, 3.05) is 6.54 Å². The minimum atomic E-state index is 0.138. The number of nitrogens with zero attached hydrogens (tertiary/aromatic N) is 1. The van der Waals surface area contributed by atoms with Gasteiger partial charge in [-0.25, -0.2) is 0 Å². The van der Waals surface area contributed by atoms with E-state index in [4.69, 9.17) is 0 Å². The highest BCUT2D eigenvalue weighted by Gasteiger charge is 2.30. The number of fused-ring (bicyclic) bond motifs is 1. The average Bonchev–Trinajstić information content (AvgIpc) is 2.96. The summed E-state index contributed by atoms with van der Waals surface area (Å²) in [5, 5.41) is 2.14. The number of hydrogen-bond acceptors (Lipinski definition) is 2. The van der Waals surface area contributed by atoms with Crippen molar-refractivity contribution < 1.29 is 4.79 Å². The van der Waals surface area contributed by atoms with Crippen LogP contribution in [0.3, 0.4) is 0 Å². The van der Waals surface area contributed by atoms with E-state index in [-0.39, 0.29) is 11.9 Å². The van der Waals surface area contributed by atoms with E-state index in [1.54, 1.807) is 0 Å². The molecular formula is C17H18BrNOS. The minimum absolute atomic E-state index is 0.138. The molecule has 4 heteroatoms. The molecule has 1 aliphatic rings. The lowest BCUT2D eigenvalue weighted by Crippen LogP contribution is -2.39. The smallest absolute Gasteiger partial charge is 0.254 e. The van der Waals surface area contributed by atoms with Crippen molar-refractivity contribution in [1.82, 2.24) is 4.90 Å². The van der Waals surface area contributed by atoms with Gasteiger partial charge in [-0.3, -0.25) is 4.79 Å². The summed E-state index contributed by atoms with van der Waals surface area (Å²) < 4.78 is 0.995. The van der Waals surface area contributed by atoms with Gasteiger partial charge in [0, 0.05) is 21.5 Å². The van der Waals surface area contributed by atoms with Crippen LogP contribution in [-0.4, -0.2) is 17.4 Å². The van der Waals surface area contributed by atoms with Gasteiger partial charge in [0.2, 0.25) is 0 Å². The standard InChI is InChI=1S/C17H18BrNOS/c1-3-15-13-7-9-21-16(13)6-8-19(15)17(20)12-5-4-11(2)14(18)10-12/h4-5,7,9-10,15H,3,6,8H2,1-2H3. The Morgan fingerprint density at radius 1 is 1.43 bits per heavy atom. The predicted molar refractivity (Wildman–Crippen MR) is 91.0 cm³/mol. The molecule has 0 radical (unpaired) electrons. The van der Waals surface area contributed by atoms with E-state index in [9.17, 15) is 4.79 Å². The molecule has 0 saturated carbocycles. The quantitative estimate of drug-likeness (QED) is 0.737. The van der Waals surface area contributed by atoms with Crippen LogP contribution in [-0.2, 0) is 6.42 Å². The first kappa shape index (κ1) is 14.8. The molecule has 3 rings (SSSR count). The van der Waals surface area contributed by atoms with Gasteiger partial charge in [-0.1, -0.05) is 28.9 Å². The Morgan fingerprint density at radius 3 is 2.95 bits per heavy atom. The first-order valence-corrected chi connectivity index (χ1v) is 8.92. The van der Waals surface area contributed by atoms with Gasteiger partial charge in [0.05, 0.1) is 6.04 Å². The van der Waals surface area contributed by atoms with Crippen molar-refractivity contribution in [3.63, 3.8) is 0 Å². The van der Waals surface area contributed by atoms with Crippen LogP contribution in [0, 0.1) is 6.92 Å². The Morgan fingerprint density at radius 2 is 2.24 bits per heavy atom. The summed E-state index contributed by atoms with van der Waals surface area (Å²) in [5.74, 6) is 0.138. The molecule has 2 heterocycles. The topological polar surface area (TPSA) is 20.3 Å². The van der Waals surface area contributed by atoms with Gasteiger partial charge >= 0.3 is 0 Å². The first-order chi connectivity index (χ1) is 10.1. The van der Waals surface area contributed by atoms with Crippen LogP contribution in [0.15, 0.2) is 34.1 Å². The van der Waals surface area contributed by atoms with Crippen molar-refractivity contribution in [2.45, 2.75) is 32.7 Å². The Hall–Kier alpha value is -1.13. The third kappa shape index (κ3) is 2.67. The molecule has 1 unspecified atom stereocenters. The summed E-state index contributed by atoms with van der Waals surface area (Å²) >= 11 is 5.33. The van der Waals surface area contributed by atoms with Gasteiger partial charge in [-0.15, -0.1) is 11.3 Å². The number of amides is 1. The molecule has 110 valence electrons. The van der Waals surface area contributed by atoms with Gasteiger partial charge in [0.15, 0.2) is 0 Å². The molecule has 1 aliphatic heterocycles. The van der Waals surface area contributed by atoms with E-state index < -0.39 is 0 Å². The highest BCUT2D eigenvalue weighted by molar-refractivity contribution is 9.10. The third-order valence-electron chi connectivity index (χ3n) is 4.16. The van der Waals surface area contributed by atoms with Gasteiger partial charge in [-0.2, -0.15) is 0 Å². The lowest BCUT2D eigenvalue weighted by molar-refractivity contribution is 0.0657. The lowest BCUT2D eigenvalue weighted by atomic mass is 9.96.